The number of benzene rings is 3. The van der Waals surface area contributed by atoms with Gasteiger partial charge >= 0.3 is 0 Å². The van der Waals surface area contributed by atoms with E-state index in [9.17, 15) is 10.2 Å². The Kier molecular flexibility index (Phi) is 7.00. The molecule has 0 saturated carbocycles. The van der Waals surface area contributed by atoms with E-state index in [0.717, 1.165) is 46.9 Å². The number of nitrogens with zero attached hydrogens (tertiary/aromatic N) is 3. The lowest BCUT2D eigenvalue weighted by Crippen LogP contribution is -2.31. The molecule has 0 aliphatic carbocycles. The second-order valence-corrected chi connectivity index (χ2v) is 9.02. The van der Waals surface area contributed by atoms with Crippen LogP contribution >= 0.6 is 0 Å². The fraction of sp³-hybridized carbons (Fsp3) is 0.276. The van der Waals surface area contributed by atoms with Crippen LogP contribution in [0.1, 0.15) is 25.7 Å². The van der Waals surface area contributed by atoms with Gasteiger partial charge < -0.3 is 19.8 Å². The molecule has 5 rings (SSSR count). The highest BCUT2D eigenvalue weighted by molar-refractivity contribution is 5.71. The van der Waals surface area contributed by atoms with Crippen molar-refractivity contribution in [2.45, 2.75) is 25.7 Å². The smallest absolute Gasteiger partial charge is 0.119 e. The minimum atomic E-state index is 0.211. The molecule has 1 aliphatic heterocycles. The van der Waals surface area contributed by atoms with E-state index in [-0.39, 0.29) is 11.5 Å². The molecule has 0 unspecified atom stereocenters. The summed E-state index contributed by atoms with van der Waals surface area (Å²) in [5, 5.41) is 24.2. The van der Waals surface area contributed by atoms with Crippen molar-refractivity contribution in [3.8, 4) is 45.5 Å². The van der Waals surface area contributed by atoms with Gasteiger partial charge in [0.05, 0.1) is 23.7 Å². The number of aromatic hydroxyl groups is 2. The Morgan fingerprint density at radius 2 is 1.37 bits per heavy atom. The lowest BCUT2D eigenvalue weighted by molar-refractivity contribution is 0.205. The molecule has 0 radical (unpaired) electrons. The number of piperidine rings is 1. The van der Waals surface area contributed by atoms with Gasteiger partial charge in [-0.1, -0.05) is 6.42 Å². The molecule has 2 N–H and O–H groups in total. The first-order chi connectivity index (χ1) is 17.2. The van der Waals surface area contributed by atoms with Crippen LogP contribution in [0.5, 0.6) is 17.2 Å². The Labute approximate surface area is 206 Å². The Morgan fingerprint density at radius 3 is 2.06 bits per heavy atom. The highest BCUT2D eigenvalue weighted by Gasteiger charge is 2.14. The van der Waals surface area contributed by atoms with Crippen LogP contribution in [0, 0.1) is 0 Å². The summed E-state index contributed by atoms with van der Waals surface area (Å²) in [5.41, 5.74) is 4.49. The third kappa shape index (κ3) is 5.66. The third-order valence-electron chi connectivity index (χ3n) is 6.45. The molecule has 0 atom stereocenters. The predicted octanol–water partition coefficient (Wildman–Crippen LogP) is 5.87. The van der Waals surface area contributed by atoms with Gasteiger partial charge in [-0.2, -0.15) is 5.10 Å². The van der Waals surface area contributed by atoms with Crippen LogP contribution < -0.4 is 4.74 Å². The van der Waals surface area contributed by atoms with Crippen LogP contribution in [-0.4, -0.2) is 51.1 Å². The lowest BCUT2D eigenvalue weighted by Gasteiger charge is -2.26. The van der Waals surface area contributed by atoms with Crippen molar-refractivity contribution < 1.29 is 14.9 Å². The van der Waals surface area contributed by atoms with Gasteiger partial charge in [0, 0.05) is 17.7 Å². The van der Waals surface area contributed by atoms with Gasteiger partial charge in [-0.15, -0.1) is 0 Å². The standard InChI is InChI=1S/C29H31N3O3/c33-25-11-5-22(6-12-25)28-21-29(32(30-28)24-9-13-26(34)14-10-24)23-7-15-27(16-8-23)35-20-4-19-31-17-2-1-3-18-31/h5-16,21,33-34H,1-4,17-20H2. The number of phenols is 2. The molecule has 1 aromatic heterocycles. The molecule has 3 aromatic carbocycles. The first-order valence-corrected chi connectivity index (χ1v) is 12.3. The predicted molar refractivity (Wildman–Crippen MR) is 138 cm³/mol. The number of ether oxygens (including phenoxy) is 1. The molecule has 4 aromatic rings. The van der Waals surface area contributed by atoms with E-state index in [1.165, 1.54) is 32.4 Å². The number of rotatable bonds is 8. The molecule has 0 bridgehead atoms. The number of likely N-dealkylation sites (tertiary alicyclic amines) is 1. The highest BCUT2D eigenvalue weighted by atomic mass is 16.5. The second kappa shape index (κ2) is 10.7. The monoisotopic (exact) mass is 469 g/mol. The van der Waals surface area contributed by atoms with E-state index >= 15 is 0 Å². The first kappa shape index (κ1) is 23.0. The number of phenolic OH excluding ortho intramolecular Hbond substituents is 2. The van der Waals surface area contributed by atoms with Gasteiger partial charge in [0.15, 0.2) is 0 Å². The Morgan fingerprint density at radius 1 is 0.743 bits per heavy atom. The topological polar surface area (TPSA) is 70.8 Å². The van der Waals surface area contributed by atoms with Gasteiger partial charge in [0.1, 0.15) is 17.2 Å². The molecule has 6 heteroatoms. The Hall–Kier alpha value is -3.77. The van der Waals surface area contributed by atoms with Crippen LogP contribution in [0.15, 0.2) is 78.9 Å². The summed E-state index contributed by atoms with van der Waals surface area (Å²) in [7, 11) is 0. The molecule has 2 heterocycles. The summed E-state index contributed by atoms with van der Waals surface area (Å²) >= 11 is 0. The molecule has 0 amide bonds. The van der Waals surface area contributed by atoms with Crippen LogP contribution in [0.3, 0.4) is 0 Å². The summed E-state index contributed by atoms with van der Waals surface area (Å²) in [4.78, 5) is 2.53. The lowest BCUT2D eigenvalue weighted by atomic mass is 10.1. The summed E-state index contributed by atoms with van der Waals surface area (Å²) in [6.45, 7) is 4.25. The highest BCUT2D eigenvalue weighted by Crippen LogP contribution is 2.31. The van der Waals surface area contributed by atoms with Crippen LogP contribution in [0.2, 0.25) is 0 Å². The van der Waals surface area contributed by atoms with E-state index in [4.69, 9.17) is 9.84 Å². The van der Waals surface area contributed by atoms with Crippen molar-refractivity contribution in [2.24, 2.45) is 0 Å². The molecule has 1 aliphatic rings. The molecule has 180 valence electrons. The molecular weight excluding hydrogens is 438 g/mol. The van der Waals surface area contributed by atoms with Crippen molar-refractivity contribution in [2.75, 3.05) is 26.2 Å². The maximum Gasteiger partial charge on any atom is 0.119 e. The van der Waals surface area contributed by atoms with E-state index in [1.54, 1.807) is 24.3 Å². The Bertz CT molecular complexity index is 1230. The molecule has 1 saturated heterocycles. The van der Waals surface area contributed by atoms with Gasteiger partial charge in [-0.25, -0.2) is 4.68 Å². The zero-order chi connectivity index (χ0) is 24.0. The van der Waals surface area contributed by atoms with Crippen LogP contribution in [0.4, 0.5) is 0 Å². The van der Waals surface area contributed by atoms with Gasteiger partial charge in [0.25, 0.3) is 0 Å². The number of hydrogen-bond acceptors (Lipinski definition) is 5. The van der Waals surface area contributed by atoms with E-state index < -0.39 is 0 Å². The fourth-order valence-electron chi connectivity index (χ4n) is 4.53. The van der Waals surface area contributed by atoms with Gasteiger partial charge in [-0.3, -0.25) is 0 Å². The number of hydrogen-bond donors (Lipinski definition) is 2. The molecule has 6 nitrogen and oxygen atoms in total. The maximum absolute atomic E-state index is 9.72. The zero-order valence-corrected chi connectivity index (χ0v) is 19.8. The van der Waals surface area contributed by atoms with Gasteiger partial charge in [-0.05, 0) is 111 Å². The van der Waals surface area contributed by atoms with E-state index in [0.29, 0.717) is 6.61 Å². The van der Waals surface area contributed by atoms with Crippen molar-refractivity contribution in [3.05, 3.63) is 78.9 Å². The van der Waals surface area contributed by atoms with Crippen molar-refractivity contribution >= 4 is 0 Å². The largest absolute Gasteiger partial charge is 0.508 e. The van der Waals surface area contributed by atoms with Crippen molar-refractivity contribution in [1.29, 1.82) is 0 Å². The number of aromatic nitrogens is 2. The summed E-state index contributed by atoms with van der Waals surface area (Å²) in [5.74, 6) is 1.29. The van der Waals surface area contributed by atoms with Crippen molar-refractivity contribution in [3.63, 3.8) is 0 Å². The Balaban J connectivity index is 1.33. The summed E-state index contributed by atoms with van der Waals surface area (Å²) < 4.78 is 7.87. The first-order valence-electron chi connectivity index (χ1n) is 12.3. The maximum atomic E-state index is 9.72. The van der Waals surface area contributed by atoms with E-state index in [1.807, 2.05) is 47.1 Å². The summed E-state index contributed by atoms with van der Waals surface area (Å²) in [6, 6.07) is 24.2. The zero-order valence-electron chi connectivity index (χ0n) is 19.8. The van der Waals surface area contributed by atoms with Gasteiger partial charge in [0.2, 0.25) is 0 Å². The van der Waals surface area contributed by atoms with Crippen LogP contribution in [0.25, 0.3) is 28.2 Å². The van der Waals surface area contributed by atoms with Crippen molar-refractivity contribution in [1.82, 2.24) is 14.7 Å². The van der Waals surface area contributed by atoms with E-state index in [2.05, 4.69) is 17.0 Å². The molecule has 1 fully saturated rings. The normalized spacial score (nSPS) is 14.2. The summed E-state index contributed by atoms with van der Waals surface area (Å²) in [6.07, 6.45) is 5.03. The minimum absolute atomic E-state index is 0.211. The molecule has 35 heavy (non-hydrogen) atoms. The molecule has 0 spiro atoms. The third-order valence-corrected chi connectivity index (χ3v) is 6.45. The SMILES string of the molecule is Oc1ccc(-c2cc(-c3ccc(OCCCN4CCCCC4)cc3)n(-c3ccc(O)cc3)n2)cc1. The average molecular weight is 470 g/mol. The molecular formula is C29H31N3O3. The fourth-order valence-corrected chi connectivity index (χ4v) is 4.53. The average Bonchev–Trinajstić information content (AvgIpc) is 3.34. The quantitative estimate of drug-likeness (QED) is 0.316. The minimum Gasteiger partial charge on any atom is -0.508 e. The van der Waals surface area contributed by atoms with Crippen LogP contribution in [-0.2, 0) is 0 Å². The second-order valence-electron chi connectivity index (χ2n) is 9.02.